The van der Waals surface area contributed by atoms with Gasteiger partial charge in [-0.15, -0.1) is 0 Å². The number of aromatic nitrogens is 1. The van der Waals surface area contributed by atoms with Crippen LogP contribution in [0.15, 0.2) is 103 Å². The number of para-hydroxylation sites is 1. The van der Waals surface area contributed by atoms with Crippen molar-refractivity contribution in [2.75, 3.05) is 0 Å². The van der Waals surface area contributed by atoms with Gasteiger partial charge in [-0.05, 0) is 0 Å². The number of fused-ring (bicyclic) bond motifs is 1. The molecule has 0 unspecified atom stereocenters. The summed E-state index contributed by atoms with van der Waals surface area (Å²) in [4.78, 5) is 5.11. The predicted octanol–water partition coefficient (Wildman–Crippen LogP) is 3.49. The van der Waals surface area contributed by atoms with E-state index in [1.165, 1.54) is 24.9 Å². The molecule has 32 heavy (non-hydrogen) atoms. The summed E-state index contributed by atoms with van der Waals surface area (Å²) in [6.07, 6.45) is 0. The molecule has 0 amide bonds. The fourth-order valence-electron chi connectivity index (χ4n) is 3.43. The summed E-state index contributed by atoms with van der Waals surface area (Å²) in [5.41, 5.74) is 3.33. The molecule has 0 radical (unpaired) electrons. The molecule has 0 fully saturated rings. The van der Waals surface area contributed by atoms with E-state index in [2.05, 4.69) is 42.5 Å². The molecule has 0 aliphatic heterocycles. The molecular formula is C27H17F2NTe2. The van der Waals surface area contributed by atoms with Crippen LogP contribution in [0.4, 0.5) is 8.78 Å². The summed E-state index contributed by atoms with van der Waals surface area (Å²) in [5.74, 6) is -0.437. The van der Waals surface area contributed by atoms with E-state index in [0.29, 0.717) is 0 Å². The molecule has 5 heteroatoms. The summed E-state index contributed by atoms with van der Waals surface area (Å²) >= 11 is -1.65. The Morgan fingerprint density at radius 2 is 1.12 bits per heavy atom. The van der Waals surface area contributed by atoms with Gasteiger partial charge in [-0.25, -0.2) is 0 Å². The molecule has 0 bridgehead atoms. The monoisotopic (exact) mass is 653 g/mol. The Bertz CT molecular complexity index is 1370. The van der Waals surface area contributed by atoms with Crippen LogP contribution >= 0.6 is 0 Å². The van der Waals surface area contributed by atoms with Crippen molar-refractivity contribution < 1.29 is 8.78 Å². The van der Waals surface area contributed by atoms with Crippen LogP contribution in [0.1, 0.15) is 0 Å². The molecule has 0 atom stereocenters. The van der Waals surface area contributed by atoms with Gasteiger partial charge in [0.15, 0.2) is 0 Å². The first kappa shape index (κ1) is 21.6. The van der Waals surface area contributed by atoms with Crippen molar-refractivity contribution in [1.29, 1.82) is 0 Å². The number of rotatable bonds is 5. The molecule has 1 aromatic heterocycles. The van der Waals surface area contributed by atoms with Crippen molar-refractivity contribution in [2.45, 2.75) is 0 Å². The van der Waals surface area contributed by atoms with Gasteiger partial charge in [0.1, 0.15) is 0 Å². The second-order valence-electron chi connectivity index (χ2n) is 7.12. The van der Waals surface area contributed by atoms with Crippen molar-refractivity contribution in [2.24, 2.45) is 0 Å². The van der Waals surface area contributed by atoms with Crippen LogP contribution in [0.25, 0.3) is 22.0 Å². The third kappa shape index (κ3) is 4.73. The Balaban J connectivity index is 1.74. The normalized spacial score (nSPS) is 11.1. The van der Waals surface area contributed by atoms with E-state index in [4.69, 9.17) is 4.98 Å². The van der Waals surface area contributed by atoms with E-state index < -0.39 is 41.8 Å². The molecule has 1 nitrogen and oxygen atoms in total. The van der Waals surface area contributed by atoms with Gasteiger partial charge in [0, 0.05) is 0 Å². The molecule has 156 valence electrons. The van der Waals surface area contributed by atoms with Crippen molar-refractivity contribution in [3.05, 3.63) is 115 Å². The van der Waals surface area contributed by atoms with Crippen LogP contribution in [-0.2, 0) is 0 Å². The van der Waals surface area contributed by atoms with Crippen LogP contribution in [0, 0.1) is 11.6 Å². The third-order valence-electron chi connectivity index (χ3n) is 4.94. The molecule has 0 aliphatic carbocycles. The maximum absolute atomic E-state index is 13.5. The van der Waals surface area contributed by atoms with Crippen LogP contribution in [0.2, 0.25) is 0 Å². The molecule has 5 rings (SSSR count). The van der Waals surface area contributed by atoms with Crippen LogP contribution in [0.3, 0.4) is 0 Å². The van der Waals surface area contributed by atoms with Gasteiger partial charge in [0.05, 0.1) is 0 Å². The summed E-state index contributed by atoms with van der Waals surface area (Å²) in [6, 6.07) is 32.3. The first-order valence-corrected chi connectivity index (χ1v) is 14.7. The second-order valence-corrected chi connectivity index (χ2v) is 13.2. The molecule has 0 saturated carbocycles. The van der Waals surface area contributed by atoms with Gasteiger partial charge in [0.25, 0.3) is 0 Å². The molecular weight excluding hydrogens is 631 g/mol. The van der Waals surface area contributed by atoms with Crippen molar-refractivity contribution in [3.63, 3.8) is 0 Å². The first-order chi connectivity index (χ1) is 15.7. The fraction of sp³-hybridized carbons (Fsp3) is 0. The Morgan fingerprint density at radius 3 is 1.78 bits per heavy atom. The van der Waals surface area contributed by atoms with Crippen molar-refractivity contribution in [3.8, 4) is 11.1 Å². The average molecular weight is 649 g/mol. The topological polar surface area (TPSA) is 12.9 Å². The molecule has 1 heterocycles. The van der Waals surface area contributed by atoms with Gasteiger partial charge in [0.2, 0.25) is 0 Å². The summed E-state index contributed by atoms with van der Waals surface area (Å²) in [6.45, 7) is 0. The van der Waals surface area contributed by atoms with Gasteiger partial charge in [-0.3, -0.25) is 0 Å². The molecule has 4 aromatic carbocycles. The summed E-state index contributed by atoms with van der Waals surface area (Å²) < 4.78 is 31.8. The van der Waals surface area contributed by atoms with Gasteiger partial charge in [-0.2, -0.15) is 0 Å². The van der Waals surface area contributed by atoms with E-state index in [0.717, 1.165) is 23.8 Å². The van der Waals surface area contributed by atoms with E-state index in [1.807, 2.05) is 36.4 Å². The third-order valence-corrected chi connectivity index (χ3v) is 11.0. The number of halogens is 2. The van der Waals surface area contributed by atoms with E-state index in [-0.39, 0.29) is 11.6 Å². The number of hydrogen-bond acceptors (Lipinski definition) is 1. The zero-order valence-electron chi connectivity index (χ0n) is 16.8. The number of hydrogen-bond donors (Lipinski definition) is 0. The number of pyridine rings is 1. The van der Waals surface area contributed by atoms with Gasteiger partial charge < -0.3 is 0 Å². The Labute approximate surface area is 205 Å². The first-order valence-electron chi connectivity index (χ1n) is 10.0. The molecule has 0 spiro atoms. The summed E-state index contributed by atoms with van der Waals surface area (Å²) in [5, 5.41) is 1.16. The standard InChI is InChI=1S/C27H17F2NTe2/c28-19-10-14-21(15-11-19)31-26-23-8-4-5-9-24(23)30-27(25(26)18-6-2-1-3-7-18)32-22-16-12-20(29)13-17-22/h1-17H. The van der Waals surface area contributed by atoms with E-state index in [1.54, 1.807) is 12.1 Å². The number of benzene rings is 4. The maximum atomic E-state index is 13.5. The number of nitrogens with zero attached hydrogens (tertiary/aromatic N) is 1. The minimum absolute atomic E-state index is 0.215. The van der Waals surface area contributed by atoms with Crippen LogP contribution in [-0.4, -0.2) is 46.8 Å². The zero-order valence-corrected chi connectivity index (χ0v) is 21.5. The Morgan fingerprint density at radius 1 is 0.562 bits per heavy atom. The molecule has 5 aromatic rings. The van der Waals surface area contributed by atoms with Gasteiger partial charge >= 0.3 is 207 Å². The Kier molecular flexibility index (Phi) is 6.54. The van der Waals surface area contributed by atoms with Gasteiger partial charge in [-0.1, -0.05) is 0 Å². The predicted molar refractivity (Wildman–Crippen MR) is 130 cm³/mol. The molecule has 0 aliphatic rings. The zero-order chi connectivity index (χ0) is 21.9. The average Bonchev–Trinajstić information content (AvgIpc) is 2.82. The van der Waals surface area contributed by atoms with Crippen LogP contribution < -0.4 is 14.6 Å². The van der Waals surface area contributed by atoms with Crippen molar-refractivity contribution in [1.82, 2.24) is 4.98 Å². The minimum atomic E-state index is -0.846. The SMILES string of the molecule is Fc1ccc([Te]c2nc3ccccc3c([Te]c3ccc(F)cc3)c2-c2ccccc2)cc1. The van der Waals surface area contributed by atoms with E-state index in [9.17, 15) is 8.78 Å². The fourth-order valence-corrected chi connectivity index (χ4v) is 9.96. The quantitative estimate of drug-likeness (QED) is 0.266. The molecule has 0 N–H and O–H groups in total. The van der Waals surface area contributed by atoms with Crippen LogP contribution in [0.5, 0.6) is 0 Å². The summed E-state index contributed by atoms with van der Waals surface area (Å²) in [7, 11) is 0. The second kappa shape index (κ2) is 9.70. The Hall–Kier alpha value is -2.27. The van der Waals surface area contributed by atoms with Crippen molar-refractivity contribution >= 4 is 67.3 Å². The van der Waals surface area contributed by atoms with E-state index >= 15 is 0 Å². The molecule has 0 saturated heterocycles.